The van der Waals surface area contributed by atoms with Crippen molar-refractivity contribution in [2.75, 3.05) is 6.54 Å². The Bertz CT molecular complexity index is 434. The standard InChI is InChI=1S/C14H19FN2O/c15-13-6-5-11(8-12(13)9-16)10-17-7-3-1-2-4-14(17)18/h5-6,8H,1-4,7,9-10,16H2. The van der Waals surface area contributed by atoms with Crippen LogP contribution in [0, 0.1) is 5.82 Å². The van der Waals surface area contributed by atoms with E-state index in [4.69, 9.17) is 5.73 Å². The van der Waals surface area contributed by atoms with E-state index in [-0.39, 0.29) is 18.3 Å². The third kappa shape index (κ3) is 3.07. The lowest BCUT2D eigenvalue weighted by atomic mass is 10.1. The normalized spacial score (nSPS) is 16.8. The Morgan fingerprint density at radius 1 is 1.28 bits per heavy atom. The zero-order valence-corrected chi connectivity index (χ0v) is 10.5. The Balaban J connectivity index is 2.10. The Labute approximate surface area is 107 Å². The second kappa shape index (κ2) is 5.96. The molecule has 2 rings (SSSR count). The summed E-state index contributed by atoms with van der Waals surface area (Å²) in [5.41, 5.74) is 6.94. The lowest BCUT2D eigenvalue weighted by molar-refractivity contribution is -0.131. The molecule has 4 heteroatoms. The second-order valence-corrected chi connectivity index (χ2v) is 4.76. The largest absolute Gasteiger partial charge is 0.338 e. The van der Waals surface area contributed by atoms with E-state index in [0.29, 0.717) is 18.5 Å². The van der Waals surface area contributed by atoms with E-state index in [9.17, 15) is 9.18 Å². The molecule has 1 aromatic carbocycles. The van der Waals surface area contributed by atoms with Crippen LogP contribution in [0.3, 0.4) is 0 Å². The van der Waals surface area contributed by atoms with Gasteiger partial charge < -0.3 is 10.6 Å². The number of halogens is 1. The summed E-state index contributed by atoms with van der Waals surface area (Å²) in [6, 6.07) is 4.92. The predicted molar refractivity (Wildman–Crippen MR) is 68.2 cm³/mol. The van der Waals surface area contributed by atoms with Crippen LogP contribution in [-0.2, 0) is 17.9 Å². The van der Waals surface area contributed by atoms with Crippen molar-refractivity contribution in [3.8, 4) is 0 Å². The third-order valence-electron chi connectivity index (χ3n) is 3.37. The second-order valence-electron chi connectivity index (χ2n) is 4.76. The summed E-state index contributed by atoms with van der Waals surface area (Å²) >= 11 is 0. The third-order valence-corrected chi connectivity index (χ3v) is 3.37. The van der Waals surface area contributed by atoms with E-state index < -0.39 is 0 Å². The summed E-state index contributed by atoms with van der Waals surface area (Å²) < 4.78 is 13.3. The number of hydrogen-bond donors (Lipinski definition) is 1. The molecule has 2 N–H and O–H groups in total. The van der Waals surface area contributed by atoms with Crippen LogP contribution >= 0.6 is 0 Å². The van der Waals surface area contributed by atoms with E-state index in [1.54, 1.807) is 12.1 Å². The van der Waals surface area contributed by atoms with E-state index >= 15 is 0 Å². The van der Waals surface area contributed by atoms with E-state index in [1.807, 2.05) is 4.90 Å². The van der Waals surface area contributed by atoms with Gasteiger partial charge in [-0.15, -0.1) is 0 Å². The van der Waals surface area contributed by atoms with Crippen molar-refractivity contribution in [2.45, 2.75) is 38.8 Å². The molecule has 0 unspecified atom stereocenters. The summed E-state index contributed by atoms with van der Waals surface area (Å²) in [6.45, 7) is 1.55. The van der Waals surface area contributed by atoms with Crippen LogP contribution < -0.4 is 5.73 Å². The van der Waals surface area contributed by atoms with Gasteiger partial charge in [0.25, 0.3) is 0 Å². The van der Waals surface area contributed by atoms with Crippen molar-refractivity contribution in [3.05, 3.63) is 35.1 Å². The van der Waals surface area contributed by atoms with Crippen LogP contribution in [0.15, 0.2) is 18.2 Å². The molecule has 1 heterocycles. The van der Waals surface area contributed by atoms with Gasteiger partial charge in [0.2, 0.25) is 5.91 Å². The molecule has 1 aliphatic rings. The lowest BCUT2D eigenvalue weighted by Crippen LogP contribution is -2.29. The van der Waals surface area contributed by atoms with Crippen LogP contribution in [0.4, 0.5) is 4.39 Å². The number of nitrogens with zero attached hydrogens (tertiary/aromatic N) is 1. The first-order valence-corrected chi connectivity index (χ1v) is 6.46. The van der Waals surface area contributed by atoms with Gasteiger partial charge in [0.1, 0.15) is 5.82 Å². The first-order valence-electron chi connectivity index (χ1n) is 6.46. The average Bonchev–Trinajstić information content (AvgIpc) is 2.57. The summed E-state index contributed by atoms with van der Waals surface area (Å²) in [4.78, 5) is 13.7. The molecule has 1 aliphatic heterocycles. The number of amides is 1. The van der Waals surface area contributed by atoms with Crippen LogP contribution in [0.25, 0.3) is 0 Å². The van der Waals surface area contributed by atoms with Crippen molar-refractivity contribution in [1.29, 1.82) is 0 Å². The molecule has 1 amide bonds. The van der Waals surface area contributed by atoms with Gasteiger partial charge in [0.15, 0.2) is 0 Å². The monoisotopic (exact) mass is 250 g/mol. The maximum atomic E-state index is 13.3. The fraction of sp³-hybridized carbons (Fsp3) is 0.500. The molecule has 1 aromatic rings. The molecule has 0 atom stereocenters. The summed E-state index contributed by atoms with van der Waals surface area (Å²) in [7, 11) is 0. The van der Waals surface area contributed by atoms with Crippen LogP contribution in [-0.4, -0.2) is 17.4 Å². The summed E-state index contributed by atoms with van der Waals surface area (Å²) in [5, 5.41) is 0. The summed E-state index contributed by atoms with van der Waals surface area (Å²) in [5.74, 6) is -0.0745. The van der Waals surface area contributed by atoms with Crippen LogP contribution in [0.1, 0.15) is 36.8 Å². The molecule has 0 aliphatic carbocycles. The molecule has 18 heavy (non-hydrogen) atoms. The quantitative estimate of drug-likeness (QED) is 0.893. The van der Waals surface area contributed by atoms with E-state index in [1.165, 1.54) is 6.07 Å². The lowest BCUT2D eigenvalue weighted by Gasteiger charge is -2.20. The number of benzene rings is 1. The van der Waals surface area contributed by atoms with Crippen LogP contribution in [0.5, 0.6) is 0 Å². The molecule has 0 bridgehead atoms. The molecular weight excluding hydrogens is 231 g/mol. The minimum Gasteiger partial charge on any atom is -0.338 e. The summed E-state index contributed by atoms with van der Waals surface area (Å²) in [6.07, 6.45) is 3.77. The fourth-order valence-corrected chi connectivity index (χ4v) is 2.31. The van der Waals surface area contributed by atoms with E-state index in [0.717, 1.165) is 31.4 Å². The molecule has 98 valence electrons. The number of carbonyl (C=O) groups is 1. The molecule has 1 fully saturated rings. The van der Waals surface area contributed by atoms with Gasteiger partial charge in [-0.05, 0) is 30.5 Å². The minimum absolute atomic E-state index is 0.188. The van der Waals surface area contributed by atoms with Gasteiger partial charge in [-0.1, -0.05) is 12.5 Å². The van der Waals surface area contributed by atoms with E-state index in [2.05, 4.69) is 0 Å². The van der Waals surface area contributed by atoms with Crippen molar-refractivity contribution in [1.82, 2.24) is 4.90 Å². The molecule has 0 radical (unpaired) electrons. The predicted octanol–water partition coefficient (Wildman–Crippen LogP) is 2.19. The van der Waals surface area contributed by atoms with Crippen molar-refractivity contribution < 1.29 is 9.18 Å². The highest BCUT2D eigenvalue weighted by Crippen LogP contribution is 2.16. The molecule has 0 spiro atoms. The first-order chi connectivity index (χ1) is 8.70. The van der Waals surface area contributed by atoms with Gasteiger partial charge in [-0.2, -0.15) is 0 Å². The molecule has 1 saturated heterocycles. The number of nitrogens with two attached hydrogens (primary N) is 1. The zero-order valence-electron chi connectivity index (χ0n) is 10.5. The van der Waals surface area contributed by atoms with Crippen molar-refractivity contribution >= 4 is 5.91 Å². The highest BCUT2D eigenvalue weighted by Gasteiger charge is 2.16. The number of hydrogen-bond acceptors (Lipinski definition) is 2. The average molecular weight is 250 g/mol. The Morgan fingerprint density at radius 2 is 2.11 bits per heavy atom. The molecule has 3 nitrogen and oxygen atoms in total. The minimum atomic E-state index is -0.275. The number of carbonyl (C=O) groups excluding carboxylic acids is 1. The van der Waals surface area contributed by atoms with Gasteiger partial charge in [0, 0.05) is 31.6 Å². The highest BCUT2D eigenvalue weighted by atomic mass is 19.1. The maximum absolute atomic E-state index is 13.3. The van der Waals surface area contributed by atoms with Gasteiger partial charge >= 0.3 is 0 Å². The Kier molecular flexibility index (Phi) is 4.31. The number of likely N-dealkylation sites (tertiary alicyclic amines) is 1. The number of rotatable bonds is 3. The maximum Gasteiger partial charge on any atom is 0.222 e. The van der Waals surface area contributed by atoms with Gasteiger partial charge in [-0.3, -0.25) is 4.79 Å². The Hall–Kier alpha value is -1.42. The van der Waals surface area contributed by atoms with Crippen molar-refractivity contribution in [3.63, 3.8) is 0 Å². The van der Waals surface area contributed by atoms with Crippen molar-refractivity contribution in [2.24, 2.45) is 5.73 Å². The van der Waals surface area contributed by atoms with Gasteiger partial charge in [0.05, 0.1) is 0 Å². The first kappa shape index (κ1) is 13.0. The highest BCUT2D eigenvalue weighted by molar-refractivity contribution is 5.76. The van der Waals surface area contributed by atoms with Gasteiger partial charge in [-0.25, -0.2) is 4.39 Å². The van der Waals surface area contributed by atoms with Crippen LogP contribution in [0.2, 0.25) is 0 Å². The topological polar surface area (TPSA) is 46.3 Å². The smallest absolute Gasteiger partial charge is 0.222 e. The molecule has 0 saturated carbocycles. The SMILES string of the molecule is NCc1cc(CN2CCCCCC2=O)ccc1F. The molecular formula is C14H19FN2O. The molecule has 0 aromatic heterocycles. The Morgan fingerprint density at radius 3 is 2.89 bits per heavy atom. The fourth-order valence-electron chi connectivity index (χ4n) is 2.31. The zero-order chi connectivity index (χ0) is 13.0.